The Kier molecular flexibility index (Phi) is 10.1. The summed E-state index contributed by atoms with van der Waals surface area (Å²) in [4.78, 5) is 45.4. The van der Waals surface area contributed by atoms with Crippen molar-refractivity contribution in [2.45, 2.75) is 58.5 Å². The van der Waals surface area contributed by atoms with Gasteiger partial charge in [-0.1, -0.05) is 6.07 Å². The Labute approximate surface area is 190 Å². The van der Waals surface area contributed by atoms with Crippen molar-refractivity contribution in [2.75, 3.05) is 13.2 Å². The molecule has 9 heteroatoms. The second kappa shape index (κ2) is 11.8. The molecule has 1 aromatic rings. The maximum absolute atomic E-state index is 12.6. The molecule has 0 saturated heterocycles. The molecule has 0 bridgehead atoms. The minimum atomic E-state index is -2.23. The number of carbonyl (C=O) groups is 4. The van der Waals surface area contributed by atoms with Gasteiger partial charge in [0.1, 0.15) is 17.1 Å². The second-order valence-electron chi connectivity index (χ2n) is 8.45. The fraction of sp³-hybridized carbons (Fsp3) is 0.565. The first-order valence-electron chi connectivity index (χ1n) is 10.4. The summed E-state index contributed by atoms with van der Waals surface area (Å²) >= 11 is 0. The van der Waals surface area contributed by atoms with Gasteiger partial charge in [-0.2, -0.15) is 0 Å². The topological polar surface area (TPSA) is 175 Å². The van der Waals surface area contributed by atoms with Crippen molar-refractivity contribution in [3.05, 3.63) is 28.8 Å². The van der Waals surface area contributed by atoms with E-state index in [1.54, 1.807) is 6.07 Å². The molecule has 0 spiro atoms. The quantitative estimate of drug-likeness (QED) is 0.344. The number of phenols is 1. The maximum Gasteiger partial charge on any atom is 0.224 e. The number of fused-ring (bicyclic) bond motifs is 1. The fourth-order valence-corrected chi connectivity index (χ4v) is 4.07. The molecule has 9 nitrogen and oxygen atoms in total. The number of amides is 1. The number of aliphatic hydroxyl groups excluding tert-OH is 2. The van der Waals surface area contributed by atoms with Crippen LogP contribution < -0.4 is 5.73 Å². The highest BCUT2D eigenvalue weighted by molar-refractivity contribution is 6.02. The van der Waals surface area contributed by atoms with Crippen molar-refractivity contribution in [3.8, 4) is 5.75 Å². The summed E-state index contributed by atoms with van der Waals surface area (Å²) in [5, 5.41) is 39.9. The van der Waals surface area contributed by atoms with Crippen LogP contribution in [0.4, 0.5) is 0 Å². The molecule has 2 rings (SSSR count). The van der Waals surface area contributed by atoms with Crippen LogP contribution in [-0.2, 0) is 20.8 Å². The van der Waals surface area contributed by atoms with E-state index in [2.05, 4.69) is 0 Å². The van der Waals surface area contributed by atoms with Gasteiger partial charge in [-0.25, -0.2) is 0 Å². The molecule has 0 heterocycles. The number of carbonyl (C=O) groups excluding carboxylic acids is 4. The lowest BCUT2D eigenvalue weighted by Gasteiger charge is -2.36. The normalized spacial score (nSPS) is 17.9. The molecule has 32 heavy (non-hydrogen) atoms. The van der Waals surface area contributed by atoms with Crippen molar-refractivity contribution in [1.29, 1.82) is 0 Å². The lowest BCUT2D eigenvalue weighted by molar-refractivity contribution is -0.153. The van der Waals surface area contributed by atoms with E-state index in [0.717, 1.165) is 11.1 Å². The number of Topliss-reactive ketones (excluding diaryl/α,β-unsaturated/α-hetero) is 3. The Morgan fingerprint density at radius 3 is 2.31 bits per heavy atom. The summed E-state index contributed by atoms with van der Waals surface area (Å²) in [5.41, 5.74) is 4.69. The number of hydrogen-bond donors (Lipinski definition) is 5. The third kappa shape index (κ3) is 6.94. The van der Waals surface area contributed by atoms with Gasteiger partial charge < -0.3 is 31.0 Å². The van der Waals surface area contributed by atoms with E-state index in [4.69, 9.17) is 5.73 Å². The van der Waals surface area contributed by atoms with Crippen molar-refractivity contribution in [3.63, 3.8) is 0 Å². The van der Waals surface area contributed by atoms with Gasteiger partial charge in [-0.05, 0) is 69.1 Å². The molecule has 0 aromatic heterocycles. The van der Waals surface area contributed by atoms with Gasteiger partial charge in [0.05, 0.1) is 18.6 Å². The summed E-state index contributed by atoms with van der Waals surface area (Å²) in [7, 11) is 0. The number of benzene rings is 1. The van der Waals surface area contributed by atoms with Crippen LogP contribution in [0.2, 0.25) is 0 Å². The van der Waals surface area contributed by atoms with Crippen molar-refractivity contribution < 1.29 is 42.5 Å². The van der Waals surface area contributed by atoms with Gasteiger partial charge >= 0.3 is 0 Å². The number of hydrogen-bond acceptors (Lipinski definition) is 8. The summed E-state index contributed by atoms with van der Waals surface area (Å²) < 4.78 is 0. The van der Waals surface area contributed by atoms with E-state index >= 15 is 0 Å². The fourth-order valence-electron chi connectivity index (χ4n) is 4.07. The molecule has 2 unspecified atom stereocenters. The molecule has 1 amide bonds. The molecule has 6 N–H and O–H groups in total. The van der Waals surface area contributed by atoms with Crippen LogP contribution in [0.5, 0.6) is 5.75 Å². The Bertz CT molecular complexity index is 873. The molecule has 1 aromatic carbocycles. The minimum absolute atomic E-state index is 0. The lowest BCUT2D eigenvalue weighted by atomic mass is 9.71. The van der Waals surface area contributed by atoms with Crippen LogP contribution >= 0.6 is 0 Å². The van der Waals surface area contributed by atoms with Gasteiger partial charge in [0.25, 0.3) is 0 Å². The zero-order valence-corrected chi connectivity index (χ0v) is 18.8. The minimum Gasteiger partial charge on any atom is -0.507 e. The summed E-state index contributed by atoms with van der Waals surface area (Å²) in [5.74, 6) is -3.07. The zero-order chi connectivity index (χ0) is 24.6. The van der Waals surface area contributed by atoms with Gasteiger partial charge in [0, 0.05) is 15.9 Å². The molecule has 0 saturated carbocycles. The number of rotatable bonds is 9. The molecule has 3 atom stereocenters. The number of aliphatic hydroxyl groups is 3. The van der Waals surface area contributed by atoms with Crippen LogP contribution in [0.15, 0.2) is 12.1 Å². The van der Waals surface area contributed by atoms with E-state index in [1.165, 1.54) is 19.9 Å². The third-order valence-electron chi connectivity index (χ3n) is 5.60. The number of aromatic hydroxyl groups is 1. The first-order chi connectivity index (χ1) is 14.9. The largest absolute Gasteiger partial charge is 0.507 e. The van der Waals surface area contributed by atoms with Crippen LogP contribution in [0.25, 0.3) is 0 Å². The van der Waals surface area contributed by atoms with Crippen LogP contribution in [0.1, 0.15) is 63.9 Å². The van der Waals surface area contributed by atoms with Crippen molar-refractivity contribution in [1.82, 2.24) is 0 Å². The van der Waals surface area contributed by atoms with E-state index in [0.29, 0.717) is 12.0 Å². The average Bonchev–Trinajstić information content (AvgIpc) is 2.68. The number of phenolic OH excluding ortho intramolecular Hbond substituents is 1. The number of aryl methyl sites for hydroxylation is 1. The Morgan fingerprint density at radius 1 is 1.22 bits per heavy atom. The summed E-state index contributed by atoms with van der Waals surface area (Å²) in [6.45, 7) is 3.63. The summed E-state index contributed by atoms with van der Waals surface area (Å²) in [6, 6.07) is 3.20. The molecular weight excluding hydrogens is 418 g/mol. The van der Waals surface area contributed by atoms with E-state index < -0.39 is 36.2 Å². The Hall–Kier alpha value is -2.62. The van der Waals surface area contributed by atoms with Gasteiger partial charge in [0.15, 0.2) is 11.6 Å². The smallest absolute Gasteiger partial charge is 0.224 e. The molecular formula is C23H37NO8. The van der Waals surface area contributed by atoms with E-state index in [1.807, 2.05) is 6.92 Å². The Morgan fingerprint density at radius 2 is 1.81 bits per heavy atom. The van der Waals surface area contributed by atoms with Crippen molar-refractivity contribution >= 4 is 23.3 Å². The highest BCUT2D eigenvalue weighted by Crippen LogP contribution is 2.38. The predicted molar refractivity (Wildman–Crippen MR) is 120 cm³/mol. The van der Waals surface area contributed by atoms with Gasteiger partial charge in [-0.3, -0.25) is 14.4 Å². The number of primary amides is 1. The number of ketones is 3. The molecule has 1 aliphatic rings. The first kappa shape index (κ1) is 27.4. The predicted octanol–water partition coefficient (Wildman–Crippen LogP) is 1.09. The van der Waals surface area contributed by atoms with Gasteiger partial charge in [0.2, 0.25) is 5.91 Å². The SMILES string of the molecule is CC(C)=O.Cc1ccc(O)c2c1CC(CC(CCO)[C@](O)(CO)C(=O)CC(N)=O)CC2=O.[HH].[HH]. The molecule has 0 radical (unpaired) electrons. The van der Waals surface area contributed by atoms with E-state index in [9.17, 15) is 39.6 Å². The third-order valence-corrected chi connectivity index (χ3v) is 5.60. The molecule has 0 aliphatic heterocycles. The lowest BCUT2D eigenvalue weighted by Crippen LogP contribution is -2.51. The van der Waals surface area contributed by atoms with Crippen LogP contribution in [0, 0.1) is 18.8 Å². The van der Waals surface area contributed by atoms with Crippen molar-refractivity contribution in [2.24, 2.45) is 17.6 Å². The maximum atomic E-state index is 12.6. The molecule has 182 valence electrons. The monoisotopic (exact) mass is 455 g/mol. The molecule has 1 aliphatic carbocycles. The number of nitrogens with two attached hydrogens (primary N) is 1. The highest BCUT2D eigenvalue weighted by Gasteiger charge is 2.44. The van der Waals surface area contributed by atoms with E-state index in [-0.39, 0.29) is 52.0 Å². The zero-order valence-electron chi connectivity index (χ0n) is 18.8. The highest BCUT2D eigenvalue weighted by atomic mass is 16.3. The summed E-state index contributed by atoms with van der Waals surface area (Å²) in [6.07, 6.45) is 0.0329. The Balaban J connectivity index is 0. The second-order valence-corrected chi connectivity index (χ2v) is 8.45. The standard InChI is InChI=1S/C20H27NO7.C3H6O.2H2/c1-11-2-3-15(24)19-14(11)7-12(8-16(19)25)6-13(4-5-22)20(28,10-23)17(26)9-18(21)27;1-3(2)4;;/h2-3,12-13,22-24,28H,4-10H2,1H3,(H2,21,27);1-2H3;2*1H/t12?,13?,20-;;;/m1.../s1. The van der Waals surface area contributed by atoms with Crippen LogP contribution in [0.3, 0.4) is 0 Å². The average molecular weight is 456 g/mol. The van der Waals surface area contributed by atoms with Gasteiger partial charge in [-0.15, -0.1) is 0 Å². The van der Waals surface area contributed by atoms with Crippen LogP contribution in [-0.4, -0.2) is 62.5 Å². The molecule has 0 fully saturated rings. The first-order valence-corrected chi connectivity index (χ1v) is 10.4.